The van der Waals surface area contributed by atoms with Crippen LogP contribution in [0.15, 0.2) is 24.3 Å². The fourth-order valence-electron chi connectivity index (χ4n) is 3.30. The number of amides is 2. The number of hydrogen-bond acceptors (Lipinski definition) is 3. The minimum Gasteiger partial charge on any atom is -0.480 e. The van der Waals surface area contributed by atoms with Gasteiger partial charge in [-0.25, -0.2) is 4.79 Å². The Hall–Kier alpha value is -2.37. The van der Waals surface area contributed by atoms with Gasteiger partial charge >= 0.3 is 5.97 Å². The van der Waals surface area contributed by atoms with Crippen molar-refractivity contribution in [1.29, 1.82) is 0 Å². The third kappa shape index (κ3) is 4.84. The Bertz CT molecular complexity index is 672. The van der Waals surface area contributed by atoms with E-state index < -0.39 is 24.0 Å². The second-order valence-corrected chi connectivity index (χ2v) is 7.30. The molecule has 0 spiro atoms. The molecule has 2 N–H and O–H groups in total. The first-order valence-corrected chi connectivity index (χ1v) is 9.22. The molecule has 0 saturated carbocycles. The van der Waals surface area contributed by atoms with Gasteiger partial charge in [-0.3, -0.25) is 9.59 Å². The molecule has 142 valence electrons. The summed E-state index contributed by atoms with van der Waals surface area (Å²) >= 11 is 0. The summed E-state index contributed by atoms with van der Waals surface area (Å²) in [6.45, 7) is 6.18. The number of carboxylic acids is 1. The molecule has 2 rings (SSSR count). The minimum atomic E-state index is -1.04. The van der Waals surface area contributed by atoms with E-state index in [1.165, 1.54) is 0 Å². The van der Waals surface area contributed by atoms with Gasteiger partial charge < -0.3 is 15.3 Å². The molecule has 2 amide bonds. The Morgan fingerprint density at radius 3 is 2.46 bits per heavy atom. The molecule has 0 aromatic heterocycles. The molecule has 1 heterocycles. The van der Waals surface area contributed by atoms with Gasteiger partial charge in [0.25, 0.3) is 0 Å². The quantitative estimate of drug-likeness (QED) is 0.781. The Labute approximate surface area is 154 Å². The lowest BCUT2D eigenvalue weighted by Gasteiger charge is -2.37. The monoisotopic (exact) mass is 360 g/mol. The van der Waals surface area contributed by atoms with E-state index in [4.69, 9.17) is 0 Å². The maximum Gasteiger partial charge on any atom is 0.326 e. The number of rotatable bonds is 7. The summed E-state index contributed by atoms with van der Waals surface area (Å²) in [7, 11) is 0. The molecule has 2 atom stereocenters. The average Bonchev–Trinajstić information content (AvgIpc) is 2.59. The number of benzene rings is 1. The van der Waals surface area contributed by atoms with Crippen molar-refractivity contribution in [2.24, 2.45) is 5.92 Å². The number of carbonyl (C=O) groups excluding carboxylic acids is 2. The van der Waals surface area contributed by atoms with Crippen LogP contribution in [0.5, 0.6) is 0 Å². The molecule has 1 aliphatic heterocycles. The third-order valence-corrected chi connectivity index (χ3v) is 4.65. The molecular formula is C20H28N2O4. The predicted molar refractivity (Wildman–Crippen MR) is 98.4 cm³/mol. The summed E-state index contributed by atoms with van der Waals surface area (Å²) in [6, 6.07) is 6.17. The summed E-state index contributed by atoms with van der Waals surface area (Å²) in [6.07, 6.45) is 1.79. The van der Waals surface area contributed by atoms with Crippen LogP contribution < -0.4 is 5.32 Å². The van der Waals surface area contributed by atoms with Gasteiger partial charge in [0.1, 0.15) is 12.1 Å². The number of nitrogens with one attached hydrogen (secondary N) is 1. The van der Waals surface area contributed by atoms with Crippen LogP contribution >= 0.6 is 0 Å². The Morgan fingerprint density at radius 1 is 1.23 bits per heavy atom. The molecule has 26 heavy (non-hydrogen) atoms. The Balaban J connectivity index is 2.24. The van der Waals surface area contributed by atoms with Gasteiger partial charge in [-0.2, -0.15) is 0 Å². The summed E-state index contributed by atoms with van der Waals surface area (Å²) in [5.41, 5.74) is 2.07. The smallest absolute Gasteiger partial charge is 0.326 e. The van der Waals surface area contributed by atoms with Crippen LogP contribution in [0.3, 0.4) is 0 Å². The maximum atomic E-state index is 12.8. The number of fused-ring (bicyclic) bond motifs is 1. The molecule has 6 nitrogen and oxygen atoms in total. The van der Waals surface area contributed by atoms with Gasteiger partial charge in [0.2, 0.25) is 11.8 Å². The van der Waals surface area contributed by atoms with E-state index in [1.807, 2.05) is 45.0 Å². The topological polar surface area (TPSA) is 86.7 Å². The maximum absolute atomic E-state index is 12.8. The number of hydrogen-bond donors (Lipinski definition) is 2. The number of carboxylic acid groups (broad SMARTS) is 1. The van der Waals surface area contributed by atoms with Crippen LogP contribution in [-0.4, -0.2) is 39.9 Å². The molecule has 1 aliphatic rings. The van der Waals surface area contributed by atoms with Gasteiger partial charge in [-0.1, -0.05) is 51.5 Å². The van der Waals surface area contributed by atoms with Gasteiger partial charge in [0.15, 0.2) is 0 Å². The molecule has 1 aromatic rings. The average molecular weight is 360 g/mol. The van der Waals surface area contributed by atoms with Crippen LogP contribution in [0, 0.1) is 5.92 Å². The summed E-state index contributed by atoms with van der Waals surface area (Å²) < 4.78 is 0. The SMILES string of the molecule is CCCC(NC(=O)C1Cc2ccccc2CN1C(=O)CC(C)C)C(=O)O. The fraction of sp³-hybridized carbons (Fsp3) is 0.550. The standard InChI is InChI=1S/C20H28N2O4/c1-4-7-16(20(25)26)21-19(24)17-11-14-8-5-6-9-15(14)12-22(17)18(23)10-13(2)3/h5-6,8-9,13,16-17H,4,7,10-12H2,1-3H3,(H,21,24)(H,25,26). The molecule has 0 radical (unpaired) electrons. The van der Waals surface area contributed by atoms with Crippen molar-refractivity contribution in [3.63, 3.8) is 0 Å². The second kappa shape index (κ2) is 8.83. The summed E-state index contributed by atoms with van der Waals surface area (Å²) in [5.74, 6) is -1.32. The van der Waals surface area contributed by atoms with Crippen LogP contribution in [0.2, 0.25) is 0 Å². The van der Waals surface area contributed by atoms with E-state index in [-0.39, 0.29) is 11.8 Å². The van der Waals surface area contributed by atoms with Gasteiger partial charge in [-0.05, 0) is 23.5 Å². The van der Waals surface area contributed by atoms with E-state index >= 15 is 0 Å². The van der Waals surface area contributed by atoms with Gasteiger partial charge in [0, 0.05) is 19.4 Å². The van der Waals surface area contributed by atoms with Crippen molar-refractivity contribution in [1.82, 2.24) is 10.2 Å². The molecule has 2 unspecified atom stereocenters. The lowest BCUT2D eigenvalue weighted by molar-refractivity contribution is -0.145. The molecule has 0 fully saturated rings. The van der Waals surface area contributed by atoms with E-state index in [2.05, 4.69) is 5.32 Å². The van der Waals surface area contributed by atoms with Crippen molar-refractivity contribution in [3.8, 4) is 0 Å². The van der Waals surface area contributed by atoms with E-state index in [0.29, 0.717) is 32.2 Å². The molecule has 0 aliphatic carbocycles. The molecular weight excluding hydrogens is 332 g/mol. The minimum absolute atomic E-state index is 0.0722. The summed E-state index contributed by atoms with van der Waals surface area (Å²) in [4.78, 5) is 38.5. The van der Waals surface area contributed by atoms with Crippen molar-refractivity contribution in [2.75, 3.05) is 0 Å². The Morgan fingerprint density at radius 2 is 1.88 bits per heavy atom. The normalized spacial score (nSPS) is 17.5. The van der Waals surface area contributed by atoms with Gasteiger partial charge in [-0.15, -0.1) is 0 Å². The van der Waals surface area contributed by atoms with Crippen molar-refractivity contribution in [3.05, 3.63) is 35.4 Å². The third-order valence-electron chi connectivity index (χ3n) is 4.65. The molecule has 0 saturated heterocycles. The predicted octanol–water partition coefficient (Wildman–Crippen LogP) is 2.36. The highest BCUT2D eigenvalue weighted by molar-refractivity contribution is 5.91. The first-order valence-electron chi connectivity index (χ1n) is 9.22. The molecule has 6 heteroatoms. The number of carbonyl (C=O) groups is 3. The lowest BCUT2D eigenvalue weighted by atomic mass is 9.92. The zero-order chi connectivity index (χ0) is 19.3. The van der Waals surface area contributed by atoms with Gasteiger partial charge in [0.05, 0.1) is 0 Å². The van der Waals surface area contributed by atoms with E-state index in [0.717, 1.165) is 11.1 Å². The highest BCUT2D eigenvalue weighted by Crippen LogP contribution is 2.25. The van der Waals surface area contributed by atoms with Crippen molar-refractivity contribution < 1.29 is 19.5 Å². The highest BCUT2D eigenvalue weighted by atomic mass is 16.4. The van der Waals surface area contributed by atoms with Crippen LogP contribution in [0.25, 0.3) is 0 Å². The number of aliphatic carboxylic acids is 1. The summed E-state index contributed by atoms with van der Waals surface area (Å²) in [5, 5.41) is 11.9. The van der Waals surface area contributed by atoms with Crippen molar-refractivity contribution >= 4 is 17.8 Å². The van der Waals surface area contributed by atoms with E-state index in [1.54, 1.807) is 4.90 Å². The van der Waals surface area contributed by atoms with Crippen molar-refractivity contribution in [2.45, 2.75) is 65.1 Å². The number of nitrogens with zero attached hydrogens (tertiary/aromatic N) is 1. The molecule has 0 bridgehead atoms. The zero-order valence-corrected chi connectivity index (χ0v) is 15.7. The fourth-order valence-corrected chi connectivity index (χ4v) is 3.30. The van der Waals surface area contributed by atoms with Crippen LogP contribution in [-0.2, 0) is 27.3 Å². The first-order chi connectivity index (χ1) is 12.3. The molecule has 1 aromatic carbocycles. The van der Waals surface area contributed by atoms with E-state index in [9.17, 15) is 19.5 Å². The Kier molecular flexibility index (Phi) is 6.77. The highest BCUT2D eigenvalue weighted by Gasteiger charge is 2.36. The van der Waals surface area contributed by atoms with Crippen LogP contribution in [0.1, 0.15) is 51.2 Å². The second-order valence-electron chi connectivity index (χ2n) is 7.30. The first kappa shape index (κ1) is 19.9. The van der Waals surface area contributed by atoms with Crippen LogP contribution in [0.4, 0.5) is 0 Å². The lowest BCUT2D eigenvalue weighted by Crippen LogP contribution is -2.55. The zero-order valence-electron chi connectivity index (χ0n) is 15.7. The largest absolute Gasteiger partial charge is 0.480 e.